The van der Waals surface area contributed by atoms with Crippen LogP contribution in [0, 0.1) is 0 Å². The van der Waals surface area contributed by atoms with Crippen molar-refractivity contribution in [3.05, 3.63) is 46.6 Å². The van der Waals surface area contributed by atoms with Crippen molar-refractivity contribution in [3.63, 3.8) is 0 Å². The maximum absolute atomic E-state index is 12.6. The largest absolute Gasteiger partial charge is 0.381 e. The van der Waals surface area contributed by atoms with Crippen molar-refractivity contribution in [3.8, 4) is 0 Å². The summed E-state index contributed by atoms with van der Waals surface area (Å²) in [6, 6.07) is 7.17. The van der Waals surface area contributed by atoms with Crippen LogP contribution >= 0.6 is 11.6 Å². The Labute approximate surface area is 151 Å². The number of amides is 1. The van der Waals surface area contributed by atoms with Gasteiger partial charge in [0, 0.05) is 31.5 Å². The SMILES string of the molecule is O=C(c1ccccc1Cl)N1CCC(c2nc([C@H]3CCOC3)no2)CC1. The van der Waals surface area contributed by atoms with Crippen molar-refractivity contribution in [2.75, 3.05) is 26.3 Å². The Morgan fingerprint density at radius 2 is 1.96 bits per heavy atom. The highest BCUT2D eigenvalue weighted by molar-refractivity contribution is 6.33. The molecule has 0 unspecified atom stereocenters. The Balaban J connectivity index is 1.38. The maximum atomic E-state index is 12.6. The van der Waals surface area contributed by atoms with Crippen LogP contribution in [0.1, 0.15) is 53.2 Å². The predicted molar refractivity (Wildman–Crippen MR) is 91.8 cm³/mol. The van der Waals surface area contributed by atoms with Gasteiger partial charge < -0.3 is 14.2 Å². The Morgan fingerprint density at radius 1 is 1.16 bits per heavy atom. The topological polar surface area (TPSA) is 68.5 Å². The summed E-state index contributed by atoms with van der Waals surface area (Å²) in [6.07, 6.45) is 2.59. The standard InChI is InChI=1S/C18H20ClN3O3/c19-15-4-2-1-3-14(15)18(23)22-8-5-12(6-9-22)17-20-16(21-25-17)13-7-10-24-11-13/h1-4,12-13H,5-11H2/t13-/m0/s1. The van der Waals surface area contributed by atoms with Crippen molar-refractivity contribution >= 4 is 17.5 Å². The van der Waals surface area contributed by atoms with E-state index in [2.05, 4.69) is 10.1 Å². The van der Waals surface area contributed by atoms with Gasteiger partial charge in [0.2, 0.25) is 5.89 Å². The van der Waals surface area contributed by atoms with Gasteiger partial charge in [-0.05, 0) is 31.4 Å². The molecule has 2 aromatic rings. The van der Waals surface area contributed by atoms with Gasteiger partial charge in [-0.2, -0.15) is 4.98 Å². The number of aromatic nitrogens is 2. The van der Waals surface area contributed by atoms with E-state index in [1.54, 1.807) is 12.1 Å². The second-order valence-corrected chi connectivity index (χ2v) is 7.00. The third-order valence-electron chi connectivity index (χ3n) is 4.99. The van der Waals surface area contributed by atoms with Crippen LogP contribution < -0.4 is 0 Å². The number of nitrogens with zero attached hydrogens (tertiary/aromatic N) is 3. The molecule has 0 spiro atoms. The zero-order valence-electron chi connectivity index (χ0n) is 13.9. The molecule has 2 saturated heterocycles. The molecule has 0 aliphatic carbocycles. The van der Waals surface area contributed by atoms with Gasteiger partial charge in [-0.25, -0.2) is 0 Å². The van der Waals surface area contributed by atoms with Crippen LogP contribution in [0.15, 0.2) is 28.8 Å². The highest BCUT2D eigenvalue weighted by atomic mass is 35.5. The molecule has 25 heavy (non-hydrogen) atoms. The van der Waals surface area contributed by atoms with E-state index in [9.17, 15) is 4.79 Å². The summed E-state index contributed by atoms with van der Waals surface area (Å²) in [7, 11) is 0. The summed E-state index contributed by atoms with van der Waals surface area (Å²) in [4.78, 5) is 19.0. The number of halogens is 1. The minimum absolute atomic E-state index is 0.0154. The molecule has 6 nitrogen and oxygen atoms in total. The molecule has 0 bridgehead atoms. The smallest absolute Gasteiger partial charge is 0.255 e. The number of rotatable bonds is 3. The number of piperidine rings is 1. The van der Waals surface area contributed by atoms with E-state index < -0.39 is 0 Å². The van der Waals surface area contributed by atoms with Gasteiger partial charge in [0.25, 0.3) is 5.91 Å². The first kappa shape index (κ1) is 16.5. The van der Waals surface area contributed by atoms with E-state index in [1.165, 1.54) is 0 Å². The quantitative estimate of drug-likeness (QED) is 0.839. The number of likely N-dealkylation sites (tertiary alicyclic amines) is 1. The van der Waals surface area contributed by atoms with Crippen LogP contribution in [-0.4, -0.2) is 47.3 Å². The Kier molecular flexibility index (Phi) is 4.72. The molecule has 132 valence electrons. The lowest BCUT2D eigenvalue weighted by Crippen LogP contribution is -2.38. The molecule has 2 fully saturated rings. The molecule has 1 amide bonds. The zero-order valence-corrected chi connectivity index (χ0v) is 14.6. The van der Waals surface area contributed by atoms with Gasteiger partial charge in [0.1, 0.15) is 0 Å². The van der Waals surface area contributed by atoms with Crippen LogP contribution in [0.25, 0.3) is 0 Å². The van der Waals surface area contributed by atoms with Crippen LogP contribution in [0.2, 0.25) is 5.02 Å². The first-order valence-corrected chi connectivity index (χ1v) is 9.05. The van der Waals surface area contributed by atoms with Crippen molar-refractivity contribution in [2.45, 2.75) is 31.1 Å². The van der Waals surface area contributed by atoms with Gasteiger partial charge in [0.05, 0.1) is 17.2 Å². The average molecular weight is 362 g/mol. The molecule has 0 N–H and O–H groups in total. The lowest BCUT2D eigenvalue weighted by molar-refractivity contribution is 0.0704. The second kappa shape index (κ2) is 7.14. The summed E-state index contributed by atoms with van der Waals surface area (Å²) in [5, 5.41) is 4.62. The van der Waals surface area contributed by atoms with Crippen molar-refractivity contribution in [1.82, 2.24) is 15.0 Å². The van der Waals surface area contributed by atoms with Crippen molar-refractivity contribution < 1.29 is 14.1 Å². The van der Waals surface area contributed by atoms with E-state index in [0.717, 1.165) is 31.7 Å². The van der Waals surface area contributed by atoms with Crippen molar-refractivity contribution in [2.24, 2.45) is 0 Å². The average Bonchev–Trinajstić information content (AvgIpc) is 3.33. The summed E-state index contributed by atoms with van der Waals surface area (Å²) >= 11 is 6.14. The van der Waals surface area contributed by atoms with E-state index in [4.69, 9.17) is 20.9 Å². The highest BCUT2D eigenvalue weighted by Crippen LogP contribution is 2.30. The fourth-order valence-corrected chi connectivity index (χ4v) is 3.67. The molecule has 1 atom stereocenters. The summed E-state index contributed by atoms with van der Waals surface area (Å²) in [6.45, 7) is 2.76. The third-order valence-corrected chi connectivity index (χ3v) is 5.32. The van der Waals surface area contributed by atoms with E-state index in [1.807, 2.05) is 17.0 Å². The van der Waals surface area contributed by atoms with Crippen molar-refractivity contribution in [1.29, 1.82) is 0 Å². The third kappa shape index (κ3) is 3.41. The number of carbonyl (C=O) groups excluding carboxylic acids is 1. The van der Waals surface area contributed by atoms with Gasteiger partial charge >= 0.3 is 0 Å². The number of ether oxygens (including phenoxy) is 1. The second-order valence-electron chi connectivity index (χ2n) is 6.60. The number of hydrogen-bond donors (Lipinski definition) is 0. The summed E-state index contributed by atoms with van der Waals surface area (Å²) < 4.78 is 10.9. The molecule has 2 aliphatic rings. The number of benzene rings is 1. The molecule has 3 heterocycles. The fraction of sp³-hybridized carbons (Fsp3) is 0.500. The van der Waals surface area contributed by atoms with Gasteiger partial charge in [-0.15, -0.1) is 0 Å². The molecule has 4 rings (SSSR count). The van der Waals surface area contributed by atoms with Crippen LogP contribution in [-0.2, 0) is 4.74 Å². The molecule has 1 aromatic carbocycles. The Bertz CT molecular complexity index is 750. The Hall–Kier alpha value is -1.92. The minimum Gasteiger partial charge on any atom is -0.381 e. The molecule has 1 aromatic heterocycles. The first-order valence-electron chi connectivity index (χ1n) is 8.67. The highest BCUT2D eigenvalue weighted by Gasteiger charge is 2.30. The molecular weight excluding hydrogens is 342 g/mol. The van der Waals surface area contributed by atoms with Gasteiger partial charge in [-0.3, -0.25) is 4.79 Å². The van der Waals surface area contributed by atoms with Gasteiger partial charge in [0.15, 0.2) is 5.82 Å². The summed E-state index contributed by atoms with van der Waals surface area (Å²) in [5.74, 6) is 1.88. The Morgan fingerprint density at radius 3 is 2.68 bits per heavy atom. The number of carbonyl (C=O) groups is 1. The lowest BCUT2D eigenvalue weighted by Gasteiger charge is -2.30. The zero-order chi connectivity index (χ0) is 17.2. The minimum atomic E-state index is -0.0154. The fourth-order valence-electron chi connectivity index (χ4n) is 3.45. The molecule has 2 aliphatic heterocycles. The van der Waals surface area contributed by atoms with E-state index in [0.29, 0.717) is 36.2 Å². The van der Waals surface area contributed by atoms with E-state index >= 15 is 0 Å². The predicted octanol–water partition coefficient (Wildman–Crippen LogP) is 3.25. The molecule has 0 saturated carbocycles. The summed E-state index contributed by atoms with van der Waals surface area (Å²) in [5.41, 5.74) is 0.559. The van der Waals surface area contributed by atoms with Crippen LogP contribution in [0.5, 0.6) is 0 Å². The van der Waals surface area contributed by atoms with E-state index in [-0.39, 0.29) is 17.7 Å². The monoisotopic (exact) mass is 361 g/mol. The molecule has 7 heteroatoms. The maximum Gasteiger partial charge on any atom is 0.255 e. The molecule has 0 radical (unpaired) electrons. The number of hydrogen-bond acceptors (Lipinski definition) is 5. The normalized spacial score (nSPS) is 21.6. The first-order chi connectivity index (χ1) is 12.2. The van der Waals surface area contributed by atoms with Crippen LogP contribution in [0.3, 0.4) is 0 Å². The van der Waals surface area contributed by atoms with Gasteiger partial charge in [-0.1, -0.05) is 28.9 Å². The molecular formula is C18H20ClN3O3. The lowest BCUT2D eigenvalue weighted by atomic mass is 9.96. The van der Waals surface area contributed by atoms with Crippen LogP contribution in [0.4, 0.5) is 0 Å².